The van der Waals surface area contributed by atoms with E-state index in [1.807, 2.05) is 0 Å². The Hall–Kier alpha value is -0.510. The van der Waals surface area contributed by atoms with Gasteiger partial charge in [-0.2, -0.15) is 0 Å². The van der Waals surface area contributed by atoms with Gasteiger partial charge in [0.05, 0.1) is 0 Å². The van der Waals surface area contributed by atoms with Crippen LogP contribution in [0.5, 0.6) is 0 Å². The van der Waals surface area contributed by atoms with Crippen molar-refractivity contribution in [3.8, 4) is 6.57 Å². The fourth-order valence-corrected chi connectivity index (χ4v) is 0.735. The van der Waals surface area contributed by atoms with E-state index < -0.39 is 0 Å². The van der Waals surface area contributed by atoms with E-state index in [1.165, 1.54) is 12.8 Å². The molecule has 0 aromatic heterocycles. The van der Waals surface area contributed by atoms with Gasteiger partial charge in [-0.25, -0.2) is 0 Å². The highest BCUT2D eigenvalue weighted by Crippen LogP contribution is 2.08. The molecule has 52 valence electrons. The van der Waals surface area contributed by atoms with Crippen LogP contribution in [-0.2, 0) is 0 Å². The Morgan fingerprint density at radius 1 is 1.56 bits per heavy atom. The van der Waals surface area contributed by atoms with E-state index in [4.69, 9.17) is 6.57 Å². The number of hydrogen-bond acceptors (Lipinski definition) is 0. The van der Waals surface area contributed by atoms with Crippen molar-refractivity contribution in [1.29, 1.82) is 0 Å². The Bertz CT molecular complexity index is 91.2. The maximum atomic E-state index is 4.98. The Morgan fingerprint density at radius 2 is 2.22 bits per heavy atom. The van der Waals surface area contributed by atoms with Gasteiger partial charge in [0.25, 0.3) is 13.1 Å². The highest BCUT2D eigenvalue weighted by molar-refractivity contribution is 4.66. The van der Waals surface area contributed by atoms with Gasteiger partial charge in [-0.15, -0.1) is 0 Å². The van der Waals surface area contributed by atoms with Crippen LogP contribution in [0.25, 0.3) is 4.85 Å². The minimum absolute atomic E-state index is 0.824. The summed E-state index contributed by atoms with van der Waals surface area (Å²) in [5, 5.41) is 0. The second kappa shape index (κ2) is 5.62. The molecule has 0 aliphatic rings. The van der Waals surface area contributed by atoms with E-state index in [9.17, 15) is 0 Å². The van der Waals surface area contributed by atoms with E-state index >= 15 is 0 Å². The Balaban J connectivity index is 2.99. The molecule has 0 N–H and O–H groups in total. The predicted octanol–water partition coefficient (Wildman–Crippen LogP) is 2.78. The molecular formula is C8H16N+. The first-order valence-corrected chi connectivity index (χ1v) is 3.68. The van der Waals surface area contributed by atoms with Crippen molar-refractivity contribution in [2.24, 2.45) is 5.92 Å². The van der Waals surface area contributed by atoms with E-state index in [-0.39, 0.29) is 0 Å². The lowest BCUT2D eigenvalue weighted by Gasteiger charge is -2.02. The molecule has 0 aromatic carbocycles. The number of hydrogen-bond donors (Lipinski definition) is 0. The molecule has 0 rings (SSSR count). The fraction of sp³-hybridized carbons (Fsp3) is 0.875. The quantitative estimate of drug-likeness (QED) is 0.510. The minimum atomic E-state index is 0.824. The van der Waals surface area contributed by atoms with Crippen molar-refractivity contribution in [2.75, 3.05) is 6.54 Å². The number of rotatable bonds is 4. The zero-order valence-electron chi connectivity index (χ0n) is 6.43. The van der Waals surface area contributed by atoms with E-state index in [1.54, 1.807) is 0 Å². The summed E-state index contributed by atoms with van der Waals surface area (Å²) in [6, 6.07) is 0. The van der Waals surface area contributed by atoms with Crippen LogP contribution >= 0.6 is 0 Å². The maximum Gasteiger partial charge on any atom is 0.263 e. The molecular weight excluding hydrogens is 110 g/mol. The average Bonchev–Trinajstić information content (AvgIpc) is 1.89. The van der Waals surface area contributed by atoms with Crippen molar-refractivity contribution in [2.45, 2.75) is 33.1 Å². The van der Waals surface area contributed by atoms with Crippen molar-refractivity contribution in [1.82, 2.24) is 0 Å². The van der Waals surface area contributed by atoms with E-state index in [0.29, 0.717) is 0 Å². The second-order valence-corrected chi connectivity index (χ2v) is 2.56. The Kier molecular flexibility index (Phi) is 5.30. The standard InChI is InChI=1S/C8H16N/c1-4-8(2)6-5-7-9-3/h3,8H,4-7H2,1-2H3/q+1. The summed E-state index contributed by atoms with van der Waals surface area (Å²) in [4.78, 5) is 3.54. The zero-order valence-corrected chi connectivity index (χ0v) is 6.43. The molecule has 1 atom stereocenters. The molecule has 1 unspecified atom stereocenters. The van der Waals surface area contributed by atoms with Gasteiger partial charge in [0, 0.05) is 6.42 Å². The summed E-state index contributed by atoms with van der Waals surface area (Å²) in [6.07, 6.45) is 3.67. The Labute approximate surface area is 57.9 Å². The zero-order chi connectivity index (χ0) is 7.11. The first kappa shape index (κ1) is 8.49. The first-order valence-electron chi connectivity index (χ1n) is 3.68. The van der Waals surface area contributed by atoms with Crippen LogP contribution in [-0.4, -0.2) is 6.54 Å². The van der Waals surface area contributed by atoms with Gasteiger partial charge < -0.3 is 0 Å². The lowest BCUT2D eigenvalue weighted by Crippen LogP contribution is -1.92. The maximum absolute atomic E-state index is 4.98. The van der Waals surface area contributed by atoms with Gasteiger partial charge in [-0.05, 0) is 12.3 Å². The molecule has 0 heterocycles. The summed E-state index contributed by atoms with van der Waals surface area (Å²) in [5.41, 5.74) is 0. The van der Waals surface area contributed by atoms with Gasteiger partial charge >= 0.3 is 0 Å². The van der Waals surface area contributed by atoms with Gasteiger partial charge in [-0.1, -0.05) is 25.1 Å². The van der Waals surface area contributed by atoms with Crippen LogP contribution in [0.15, 0.2) is 0 Å². The van der Waals surface area contributed by atoms with Crippen molar-refractivity contribution < 1.29 is 0 Å². The monoisotopic (exact) mass is 126 g/mol. The summed E-state index contributed by atoms with van der Waals surface area (Å²) >= 11 is 0. The molecule has 0 radical (unpaired) electrons. The van der Waals surface area contributed by atoms with Crippen LogP contribution in [0, 0.1) is 12.5 Å². The summed E-state index contributed by atoms with van der Waals surface area (Å²) in [7, 11) is 0. The third-order valence-electron chi connectivity index (χ3n) is 1.68. The fourth-order valence-electron chi connectivity index (χ4n) is 0.735. The molecule has 0 fully saturated rings. The van der Waals surface area contributed by atoms with Gasteiger partial charge in [-0.3, -0.25) is 0 Å². The molecule has 9 heavy (non-hydrogen) atoms. The minimum Gasteiger partial charge on any atom is -0.0869 e. The van der Waals surface area contributed by atoms with Gasteiger partial charge in [0.2, 0.25) is 0 Å². The van der Waals surface area contributed by atoms with E-state index in [2.05, 4.69) is 18.7 Å². The van der Waals surface area contributed by atoms with Gasteiger partial charge in [0.15, 0.2) is 0 Å². The Morgan fingerprint density at radius 3 is 2.67 bits per heavy atom. The van der Waals surface area contributed by atoms with Gasteiger partial charge in [0.1, 0.15) is 0 Å². The highest BCUT2D eigenvalue weighted by atomic mass is 14.6. The van der Waals surface area contributed by atoms with Crippen LogP contribution in [0.1, 0.15) is 33.1 Å². The molecule has 0 aliphatic carbocycles. The molecule has 0 bridgehead atoms. The van der Waals surface area contributed by atoms with E-state index in [0.717, 1.165) is 18.9 Å². The molecule has 1 nitrogen and oxygen atoms in total. The lowest BCUT2D eigenvalue weighted by atomic mass is 10.0. The van der Waals surface area contributed by atoms with Crippen molar-refractivity contribution in [3.05, 3.63) is 4.85 Å². The largest absolute Gasteiger partial charge is 0.263 e. The average molecular weight is 126 g/mol. The van der Waals surface area contributed by atoms with Crippen LogP contribution in [0.2, 0.25) is 0 Å². The molecule has 0 aliphatic heterocycles. The predicted molar refractivity (Wildman–Crippen MR) is 41.9 cm³/mol. The SMILES string of the molecule is C#[N+]CCCC(C)CC. The molecule has 0 spiro atoms. The summed E-state index contributed by atoms with van der Waals surface area (Å²) in [6.45, 7) is 10.3. The topological polar surface area (TPSA) is 4.36 Å². The third-order valence-corrected chi connectivity index (χ3v) is 1.68. The summed E-state index contributed by atoms with van der Waals surface area (Å²) < 4.78 is 0. The second-order valence-electron chi connectivity index (χ2n) is 2.56. The van der Waals surface area contributed by atoms with Crippen LogP contribution in [0.4, 0.5) is 0 Å². The highest BCUT2D eigenvalue weighted by Gasteiger charge is 1.99. The third kappa shape index (κ3) is 5.36. The number of nitrogens with zero attached hydrogens (tertiary/aromatic N) is 1. The summed E-state index contributed by atoms with van der Waals surface area (Å²) in [5.74, 6) is 0.840. The molecule has 0 saturated heterocycles. The van der Waals surface area contributed by atoms with Crippen LogP contribution < -0.4 is 0 Å². The molecule has 0 saturated carbocycles. The molecule has 0 amide bonds. The first-order chi connectivity index (χ1) is 4.31. The van der Waals surface area contributed by atoms with Crippen molar-refractivity contribution in [3.63, 3.8) is 0 Å². The van der Waals surface area contributed by atoms with Crippen molar-refractivity contribution >= 4 is 0 Å². The smallest absolute Gasteiger partial charge is 0.0869 e. The molecule has 1 heteroatoms. The lowest BCUT2D eigenvalue weighted by molar-refractivity contribution is 0.506. The molecule has 0 aromatic rings. The normalized spacial score (nSPS) is 12.6. The van der Waals surface area contributed by atoms with Crippen LogP contribution in [0.3, 0.4) is 0 Å².